The summed E-state index contributed by atoms with van der Waals surface area (Å²) < 4.78 is 0. The molecule has 4 aliphatic rings. The Labute approximate surface area is 154 Å². The van der Waals surface area contributed by atoms with Gasteiger partial charge in [0, 0.05) is 11.3 Å². The van der Waals surface area contributed by atoms with Crippen molar-refractivity contribution >= 4 is 12.3 Å². The fourth-order valence-electron chi connectivity index (χ4n) is 6.61. The van der Waals surface area contributed by atoms with Crippen molar-refractivity contribution in [2.24, 2.45) is 34.5 Å². The van der Waals surface area contributed by atoms with Gasteiger partial charge in [-0.2, -0.15) is 0 Å². The van der Waals surface area contributed by atoms with Crippen molar-refractivity contribution in [1.82, 2.24) is 0 Å². The summed E-state index contributed by atoms with van der Waals surface area (Å²) in [5, 5.41) is 19.6. The van der Waals surface area contributed by atoms with Gasteiger partial charge in [0.1, 0.15) is 6.29 Å². The Bertz CT molecular complexity index is 732. The molecule has 0 bridgehead atoms. The SMILES string of the molecule is C[C@]12C=CC(O)C(CC(=O)O)=C1C=C[C@@H]1[C@@H]2CC[C@]2(C)C(C=O)CC[C@@H]12. The normalized spacial score (nSPS) is 46.5. The van der Waals surface area contributed by atoms with Crippen molar-refractivity contribution in [3.63, 3.8) is 0 Å². The summed E-state index contributed by atoms with van der Waals surface area (Å²) >= 11 is 0. The van der Waals surface area contributed by atoms with Crippen molar-refractivity contribution in [2.75, 3.05) is 0 Å². The lowest BCUT2D eigenvalue weighted by Crippen LogP contribution is -2.48. The maximum atomic E-state index is 11.6. The maximum Gasteiger partial charge on any atom is 0.307 e. The number of hydrogen-bond donors (Lipinski definition) is 2. The number of carboxylic acid groups (broad SMARTS) is 1. The Kier molecular flexibility index (Phi) is 4.03. The molecule has 4 heteroatoms. The van der Waals surface area contributed by atoms with Gasteiger partial charge in [0.05, 0.1) is 12.5 Å². The number of aliphatic hydroxyl groups is 1. The molecule has 0 saturated heterocycles. The molecule has 2 fully saturated rings. The molecule has 0 aromatic heterocycles. The maximum absolute atomic E-state index is 11.6. The monoisotopic (exact) mass is 356 g/mol. The quantitative estimate of drug-likeness (QED) is 0.599. The molecule has 0 spiro atoms. The lowest BCUT2D eigenvalue weighted by molar-refractivity contribution is -0.136. The molecule has 4 rings (SSSR count). The zero-order valence-electron chi connectivity index (χ0n) is 15.5. The lowest BCUT2D eigenvalue weighted by Gasteiger charge is -2.55. The van der Waals surface area contributed by atoms with Gasteiger partial charge in [0.25, 0.3) is 0 Å². The van der Waals surface area contributed by atoms with E-state index in [-0.39, 0.29) is 23.2 Å². The third kappa shape index (κ3) is 2.31. The molecule has 2 N–H and O–H groups in total. The lowest BCUT2D eigenvalue weighted by atomic mass is 9.49. The molecule has 4 nitrogen and oxygen atoms in total. The minimum absolute atomic E-state index is 0.0899. The molecule has 7 atom stereocenters. The second kappa shape index (κ2) is 5.91. The first kappa shape index (κ1) is 17.7. The zero-order chi connectivity index (χ0) is 18.7. The van der Waals surface area contributed by atoms with Crippen LogP contribution in [0.5, 0.6) is 0 Å². The van der Waals surface area contributed by atoms with Gasteiger partial charge >= 0.3 is 5.97 Å². The van der Waals surface area contributed by atoms with Gasteiger partial charge in [0.15, 0.2) is 0 Å². The molecule has 4 aliphatic carbocycles. The molecular weight excluding hydrogens is 328 g/mol. The van der Waals surface area contributed by atoms with E-state index in [1.807, 2.05) is 0 Å². The van der Waals surface area contributed by atoms with Crippen LogP contribution in [0.1, 0.15) is 46.0 Å². The standard InChI is InChI=1S/C22H28O4/c1-21-9-7-18-14(16(21)5-3-13(21)12-23)4-6-17-15(11-20(25)26)19(24)8-10-22(17,18)2/h4,6,8,10,12-14,16,18-19,24H,3,5,7,9,11H2,1-2H3,(H,25,26)/t13?,14-,16-,18-,19?,21+,22-/m0/s1. The van der Waals surface area contributed by atoms with Gasteiger partial charge in [-0.15, -0.1) is 0 Å². The van der Waals surface area contributed by atoms with E-state index in [1.54, 1.807) is 6.08 Å². The van der Waals surface area contributed by atoms with E-state index in [1.165, 1.54) is 6.29 Å². The van der Waals surface area contributed by atoms with E-state index in [4.69, 9.17) is 0 Å². The number of rotatable bonds is 3. The molecule has 2 unspecified atom stereocenters. The fraction of sp³-hybridized carbons (Fsp3) is 0.636. The van der Waals surface area contributed by atoms with Crippen LogP contribution in [-0.2, 0) is 9.59 Å². The Balaban J connectivity index is 1.77. The molecule has 0 aliphatic heterocycles. The van der Waals surface area contributed by atoms with Crippen molar-refractivity contribution in [3.05, 3.63) is 35.5 Å². The van der Waals surface area contributed by atoms with Crippen molar-refractivity contribution < 1.29 is 19.8 Å². The first-order chi connectivity index (χ1) is 12.3. The Morgan fingerprint density at radius 1 is 1.23 bits per heavy atom. The highest BCUT2D eigenvalue weighted by atomic mass is 16.4. The highest BCUT2D eigenvalue weighted by molar-refractivity contribution is 5.72. The van der Waals surface area contributed by atoms with Crippen molar-refractivity contribution in [1.29, 1.82) is 0 Å². The van der Waals surface area contributed by atoms with Gasteiger partial charge in [-0.05, 0) is 60.0 Å². The first-order valence-corrected chi connectivity index (χ1v) is 9.77. The van der Waals surface area contributed by atoms with Crippen LogP contribution in [0.25, 0.3) is 0 Å². The van der Waals surface area contributed by atoms with E-state index >= 15 is 0 Å². The van der Waals surface area contributed by atoms with Crippen LogP contribution in [0.3, 0.4) is 0 Å². The molecular formula is C22H28O4. The Hall–Kier alpha value is -1.68. The number of aliphatic hydroxyl groups excluding tert-OH is 1. The molecule has 0 heterocycles. The Morgan fingerprint density at radius 3 is 2.69 bits per heavy atom. The van der Waals surface area contributed by atoms with Crippen LogP contribution in [0, 0.1) is 34.5 Å². The average Bonchev–Trinajstić information content (AvgIpc) is 2.94. The van der Waals surface area contributed by atoms with E-state index in [0.29, 0.717) is 23.3 Å². The molecule has 140 valence electrons. The highest BCUT2D eigenvalue weighted by Crippen LogP contribution is 2.64. The van der Waals surface area contributed by atoms with Crippen molar-refractivity contribution in [2.45, 2.75) is 52.1 Å². The van der Waals surface area contributed by atoms with E-state index in [9.17, 15) is 19.8 Å². The molecule has 0 radical (unpaired) electrons. The number of carbonyl (C=O) groups excluding carboxylic acids is 1. The summed E-state index contributed by atoms with van der Waals surface area (Å²) in [5.74, 6) is 0.588. The van der Waals surface area contributed by atoms with E-state index < -0.39 is 12.1 Å². The van der Waals surface area contributed by atoms with Crippen LogP contribution >= 0.6 is 0 Å². The molecule has 0 aromatic carbocycles. The minimum atomic E-state index is -0.902. The number of carbonyl (C=O) groups is 2. The average molecular weight is 356 g/mol. The number of aldehydes is 1. The van der Waals surface area contributed by atoms with Gasteiger partial charge in [-0.3, -0.25) is 4.79 Å². The largest absolute Gasteiger partial charge is 0.481 e. The topological polar surface area (TPSA) is 74.6 Å². The summed E-state index contributed by atoms with van der Waals surface area (Å²) in [6, 6.07) is 0. The second-order valence-corrected chi connectivity index (χ2v) is 9.11. The summed E-state index contributed by atoms with van der Waals surface area (Å²) in [6.07, 6.45) is 12.6. The first-order valence-electron chi connectivity index (χ1n) is 9.77. The van der Waals surface area contributed by atoms with Gasteiger partial charge in [-0.1, -0.05) is 38.2 Å². The smallest absolute Gasteiger partial charge is 0.307 e. The highest BCUT2D eigenvalue weighted by Gasteiger charge is 2.57. The summed E-state index contributed by atoms with van der Waals surface area (Å²) in [7, 11) is 0. The second-order valence-electron chi connectivity index (χ2n) is 9.11. The van der Waals surface area contributed by atoms with E-state index in [2.05, 4.69) is 32.1 Å². The Morgan fingerprint density at radius 2 is 2.00 bits per heavy atom. The molecule has 26 heavy (non-hydrogen) atoms. The van der Waals surface area contributed by atoms with Crippen LogP contribution in [0.4, 0.5) is 0 Å². The number of aliphatic carboxylic acids is 1. The van der Waals surface area contributed by atoms with Gasteiger partial charge < -0.3 is 15.0 Å². The number of allylic oxidation sites excluding steroid dienone is 4. The van der Waals surface area contributed by atoms with Crippen LogP contribution < -0.4 is 0 Å². The summed E-state index contributed by atoms with van der Waals surface area (Å²) in [4.78, 5) is 22.9. The predicted octanol–water partition coefficient (Wildman–Crippen LogP) is 3.52. The minimum Gasteiger partial charge on any atom is -0.481 e. The summed E-state index contributed by atoms with van der Waals surface area (Å²) in [6.45, 7) is 4.49. The molecule has 0 amide bonds. The van der Waals surface area contributed by atoms with E-state index in [0.717, 1.165) is 31.3 Å². The number of fused-ring (bicyclic) bond motifs is 5. The third-order valence-electron chi connectivity index (χ3n) is 8.08. The predicted molar refractivity (Wildman–Crippen MR) is 98.3 cm³/mol. The zero-order valence-corrected chi connectivity index (χ0v) is 15.5. The van der Waals surface area contributed by atoms with Crippen LogP contribution in [0.15, 0.2) is 35.5 Å². The number of carboxylic acids is 1. The van der Waals surface area contributed by atoms with Crippen LogP contribution in [-0.4, -0.2) is 28.6 Å². The van der Waals surface area contributed by atoms with Crippen molar-refractivity contribution in [3.8, 4) is 0 Å². The fourth-order valence-corrected chi connectivity index (χ4v) is 6.61. The summed E-state index contributed by atoms with van der Waals surface area (Å²) in [5.41, 5.74) is 1.48. The van der Waals surface area contributed by atoms with Gasteiger partial charge in [0.2, 0.25) is 0 Å². The molecule has 2 saturated carbocycles. The molecule has 0 aromatic rings. The third-order valence-corrected chi connectivity index (χ3v) is 8.08. The number of hydrogen-bond acceptors (Lipinski definition) is 3. The van der Waals surface area contributed by atoms with Crippen LogP contribution in [0.2, 0.25) is 0 Å². The van der Waals surface area contributed by atoms with Gasteiger partial charge in [-0.25, -0.2) is 0 Å².